The molecule has 0 fully saturated rings. The summed E-state index contributed by atoms with van der Waals surface area (Å²) in [6, 6.07) is 12.9. The Labute approximate surface area is 173 Å². The number of halogens is 2. The standard InChI is InChI=1S/C18H14BrFN4O2S2/c19-15-7-8-16(27-15)28(25,26)22-10-11-24-17(12-3-5-13(20)6-4-12)23-14-2-1-9-21-18(14)24/h1-9,22H,10-11H2. The van der Waals surface area contributed by atoms with Gasteiger partial charge in [0.1, 0.15) is 21.4 Å². The van der Waals surface area contributed by atoms with Gasteiger partial charge in [-0.2, -0.15) is 0 Å². The van der Waals surface area contributed by atoms with E-state index in [-0.39, 0.29) is 16.6 Å². The van der Waals surface area contributed by atoms with Crippen molar-refractivity contribution in [2.45, 2.75) is 10.8 Å². The van der Waals surface area contributed by atoms with E-state index in [1.165, 1.54) is 12.1 Å². The number of fused-ring (bicyclic) bond motifs is 1. The van der Waals surface area contributed by atoms with E-state index in [4.69, 9.17) is 0 Å². The first-order valence-corrected chi connectivity index (χ1v) is 11.4. The maximum absolute atomic E-state index is 13.3. The molecule has 28 heavy (non-hydrogen) atoms. The van der Waals surface area contributed by atoms with E-state index >= 15 is 0 Å². The molecule has 3 heterocycles. The van der Waals surface area contributed by atoms with Crippen molar-refractivity contribution < 1.29 is 12.8 Å². The first-order chi connectivity index (χ1) is 13.4. The lowest BCUT2D eigenvalue weighted by Crippen LogP contribution is -2.27. The van der Waals surface area contributed by atoms with Gasteiger partial charge in [0.05, 0.1) is 3.79 Å². The maximum atomic E-state index is 13.3. The van der Waals surface area contributed by atoms with Gasteiger partial charge in [0, 0.05) is 24.8 Å². The Balaban J connectivity index is 1.62. The Morgan fingerprint density at radius 2 is 1.93 bits per heavy atom. The molecule has 1 N–H and O–H groups in total. The molecule has 0 aliphatic carbocycles. The van der Waals surface area contributed by atoms with Gasteiger partial charge in [-0.25, -0.2) is 27.5 Å². The van der Waals surface area contributed by atoms with Crippen molar-refractivity contribution in [2.24, 2.45) is 0 Å². The summed E-state index contributed by atoms with van der Waals surface area (Å²) >= 11 is 4.42. The van der Waals surface area contributed by atoms with Gasteiger partial charge in [0.2, 0.25) is 10.0 Å². The van der Waals surface area contributed by atoms with E-state index < -0.39 is 10.0 Å². The molecule has 0 saturated heterocycles. The van der Waals surface area contributed by atoms with Crippen LogP contribution in [0, 0.1) is 5.82 Å². The number of aromatic nitrogens is 3. The number of nitrogens with one attached hydrogen (secondary N) is 1. The van der Waals surface area contributed by atoms with Crippen LogP contribution in [0.5, 0.6) is 0 Å². The van der Waals surface area contributed by atoms with Gasteiger partial charge in [0.15, 0.2) is 5.65 Å². The van der Waals surface area contributed by atoms with Crippen LogP contribution >= 0.6 is 27.3 Å². The molecule has 144 valence electrons. The fourth-order valence-electron chi connectivity index (χ4n) is 2.79. The van der Waals surface area contributed by atoms with E-state index in [1.54, 1.807) is 36.5 Å². The number of nitrogens with zero attached hydrogens (tertiary/aromatic N) is 3. The van der Waals surface area contributed by atoms with E-state index in [1.807, 2.05) is 10.6 Å². The second-order valence-corrected chi connectivity index (χ2v) is 10.4. The van der Waals surface area contributed by atoms with E-state index in [2.05, 4.69) is 30.6 Å². The predicted molar refractivity (Wildman–Crippen MR) is 110 cm³/mol. The van der Waals surface area contributed by atoms with Gasteiger partial charge < -0.3 is 4.57 Å². The summed E-state index contributed by atoms with van der Waals surface area (Å²) in [5.41, 5.74) is 2.05. The second-order valence-electron chi connectivity index (χ2n) is 5.90. The minimum atomic E-state index is -3.59. The lowest BCUT2D eigenvalue weighted by Gasteiger charge is -2.10. The van der Waals surface area contributed by atoms with Crippen LogP contribution in [0.1, 0.15) is 0 Å². The Morgan fingerprint density at radius 3 is 2.64 bits per heavy atom. The lowest BCUT2D eigenvalue weighted by molar-refractivity contribution is 0.576. The molecule has 4 aromatic rings. The molecule has 0 radical (unpaired) electrons. The number of pyridine rings is 1. The van der Waals surface area contributed by atoms with E-state index in [9.17, 15) is 12.8 Å². The molecule has 1 aromatic carbocycles. The van der Waals surface area contributed by atoms with Crippen molar-refractivity contribution in [3.05, 3.63) is 64.3 Å². The minimum absolute atomic E-state index is 0.161. The molecular formula is C18H14BrFN4O2S2. The smallest absolute Gasteiger partial charge is 0.250 e. The topological polar surface area (TPSA) is 76.9 Å². The van der Waals surface area contributed by atoms with Crippen LogP contribution in [0.3, 0.4) is 0 Å². The largest absolute Gasteiger partial charge is 0.307 e. The molecule has 0 amide bonds. The van der Waals surface area contributed by atoms with Gasteiger partial charge in [-0.15, -0.1) is 11.3 Å². The number of hydrogen-bond donors (Lipinski definition) is 1. The van der Waals surface area contributed by atoms with Crippen LogP contribution in [0.15, 0.2) is 62.7 Å². The van der Waals surface area contributed by atoms with Crippen molar-refractivity contribution >= 4 is 48.5 Å². The summed E-state index contributed by atoms with van der Waals surface area (Å²) in [6.07, 6.45) is 1.66. The molecular weight excluding hydrogens is 467 g/mol. The molecule has 0 aliphatic rings. The Bertz CT molecular complexity index is 1240. The molecule has 4 rings (SSSR count). The van der Waals surface area contributed by atoms with E-state index in [0.717, 1.165) is 20.7 Å². The Kier molecular flexibility index (Phi) is 5.28. The van der Waals surface area contributed by atoms with Gasteiger partial charge in [-0.3, -0.25) is 0 Å². The summed E-state index contributed by atoms with van der Waals surface area (Å²) in [4.78, 5) is 8.95. The minimum Gasteiger partial charge on any atom is -0.307 e. The monoisotopic (exact) mass is 480 g/mol. The normalized spacial score (nSPS) is 11.9. The van der Waals surface area contributed by atoms with Gasteiger partial charge in [-0.05, 0) is 64.5 Å². The average Bonchev–Trinajstić information content (AvgIpc) is 3.27. The van der Waals surface area contributed by atoms with Crippen molar-refractivity contribution in [3.8, 4) is 11.4 Å². The van der Waals surface area contributed by atoms with Gasteiger partial charge in [-0.1, -0.05) is 0 Å². The molecule has 10 heteroatoms. The maximum Gasteiger partial charge on any atom is 0.250 e. The van der Waals surface area contributed by atoms with Crippen LogP contribution in [-0.2, 0) is 16.6 Å². The van der Waals surface area contributed by atoms with Crippen molar-refractivity contribution in [3.63, 3.8) is 0 Å². The lowest BCUT2D eigenvalue weighted by atomic mass is 10.2. The number of sulfonamides is 1. The van der Waals surface area contributed by atoms with Gasteiger partial charge in [0.25, 0.3) is 0 Å². The predicted octanol–water partition coefficient (Wildman–Crippen LogP) is 4.04. The molecule has 0 saturated carbocycles. The van der Waals surface area contributed by atoms with Crippen LogP contribution < -0.4 is 4.72 Å². The number of imidazole rings is 1. The van der Waals surface area contributed by atoms with Crippen LogP contribution in [0.2, 0.25) is 0 Å². The molecule has 0 spiro atoms. The van der Waals surface area contributed by atoms with Crippen LogP contribution in [-0.4, -0.2) is 29.5 Å². The van der Waals surface area contributed by atoms with Crippen molar-refractivity contribution in [1.82, 2.24) is 19.3 Å². The first-order valence-electron chi connectivity index (χ1n) is 8.26. The second kappa shape index (κ2) is 7.70. The SMILES string of the molecule is O=S(=O)(NCCn1c(-c2ccc(F)cc2)nc2cccnc21)c1ccc(Br)s1. The molecule has 3 aromatic heterocycles. The highest BCUT2D eigenvalue weighted by Gasteiger charge is 2.18. The number of thiophene rings is 1. The molecule has 0 atom stereocenters. The van der Waals surface area contributed by atoms with Crippen molar-refractivity contribution in [2.75, 3.05) is 6.54 Å². The fourth-order valence-corrected chi connectivity index (χ4v) is 5.87. The fraction of sp³-hybridized carbons (Fsp3) is 0.111. The quantitative estimate of drug-likeness (QED) is 0.451. The first kappa shape index (κ1) is 19.2. The number of hydrogen-bond acceptors (Lipinski definition) is 5. The summed E-state index contributed by atoms with van der Waals surface area (Å²) in [7, 11) is -3.59. The summed E-state index contributed by atoms with van der Waals surface area (Å²) in [5, 5.41) is 0. The highest BCUT2D eigenvalue weighted by molar-refractivity contribution is 9.11. The average molecular weight is 481 g/mol. The number of rotatable bonds is 6. The number of benzene rings is 1. The third kappa shape index (κ3) is 3.86. The Hall–Kier alpha value is -2.14. The molecule has 0 unspecified atom stereocenters. The van der Waals surface area contributed by atoms with Crippen LogP contribution in [0.25, 0.3) is 22.6 Å². The molecule has 6 nitrogen and oxygen atoms in total. The highest BCUT2D eigenvalue weighted by atomic mass is 79.9. The van der Waals surface area contributed by atoms with Crippen LogP contribution in [0.4, 0.5) is 4.39 Å². The zero-order valence-electron chi connectivity index (χ0n) is 14.3. The third-order valence-corrected chi connectivity index (χ3v) is 7.62. The zero-order valence-corrected chi connectivity index (χ0v) is 17.6. The summed E-state index contributed by atoms with van der Waals surface area (Å²) in [5.74, 6) is 0.270. The highest BCUT2D eigenvalue weighted by Crippen LogP contribution is 2.26. The zero-order chi connectivity index (χ0) is 19.7. The summed E-state index contributed by atoms with van der Waals surface area (Å²) in [6.45, 7) is 0.486. The molecule has 0 bridgehead atoms. The van der Waals surface area contributed by atoms with Gasteiger partial charge >= 0.3 is 0 Å². The summed E-state index contributed by atoms with van der Waals surface area (Å²) < 4.78 is 43.6. The Morgan fingerprint density at radius 1 is 1.14 bits per heavy atom. The van der Waals surface area contributed by atoms with Crippen molar-refractivity contribution in [1.29, 1.82) is 0 Å². The third-order valence-electron chi connectivity index (χ3n) is 4.05. The van der Waals surface area contributed by atoms with E-state index in [0.29, 0.717) is 23.5 Å². The molecule has 0 aliphatic heterocycles.